The molecule has 3 aromatic rings. The maximum atomic E-state index is 5.76. The Bertz CT molecular complexity index is 1010. The van der Waals surface area contributed by atoms with Gasteiger partial charge in [-0.25, -0.2) is 4.68 Å². The van der Waals surface area contributed by atoms with Crippen molar-refractivity contribution in [3.63, 3.8) is 0 Å². The van der Waals surface area contributed by atoms with Gasteiger partial charge in [-0.2, -0.15) is 15.3 Å². The average Bonchev–Trinajstić information content (AvgIpc) is 2.95. The number of hydrogen-bond donors (Lipinski definition) is 0. The van der Waals surface area contributed by atoms with Crippen molar-refractivity contribution in [2.24, 2.45) is 10.2 Å². The molecule has 0 fully saturated rings. The van der Waals surface area contributed by atoms with Gasteiger partial charge in [0, 0.05) is 11.1 Å². The van der Waals surface area contributed by atoms with E-state index in [-0.39, 0.29) is 0 Å². The van der Waals surface area contributed by atoms with Crippen molar-refractivity contribution in [3.05, 3.63) is 76.4 Å². The molecule has 0 atom stereocenters. The third kappa shape index (κ3) is 2.81. The first-order valence-corrected chi connectivity index (χ1v) is 8.65. The molecule has 4 rings (SSSR count). The molecule has 0 saturated heterocycles. The quantitative estimate of drug-likeness (QED) is 0.574. The van der Waals surface area contributed by atoms with Gasteiger partial charge >= 0.3 is 0 Å². The number of rotatable bonds is 3. The predicted octanol–water partition coefficient (Wildman–Crippen LogP) is 5.66. The highest BCUT2D eigenvalue weighted by Crippen LogP contribution is 2.45. The molecule has 4 nitrogen and oxygen atoms in total. The van der Waals surface area contributed by atoms with Crippen LogP contribution in [0.3, 0.4) is 0 Å². The van der Waals surface area contributed by atoms with Crippen LogP contribution in [0, 0.1) is 4.64 Å². The molecular formula is C20H18N4S. The van der Waals surface area contributed by atoms with E-state index in [1.165, 1.54) is 0 Å². The van der Waals surface area contributed by atoms with E-state index in [0.29, 0.717) is 11.2 Å². The number of nitrogens with zero attached hydrogens (tertiary/aromatic N) is 4. The Balaban J connectivity index is 1.94. The van der Waals surface area contributed by atoms with Crippen LogP contribution in [-0.2, 0) is 12.1 Å². The molecule has 1 aliphatic heterocycles. The lowest BCUT2D eigenvalue weighted by molar-refractivity contribution is 0.538. The van der Waals surface area contributed by atoms with Gasteiger partial charge in [-0.05, 0) is 19.4 Å². The van der Waals surface area contributed by atoms with Crippen LogP contribution < -0.4 is 0 Å². The van der Waals surface area contributed by atoms with Gasteiger partial charge in [-0.15, -0.1) is 0 Å². The van der Waals surface area contributed by atoms with Gasteiger partial charge in [0.1, 0.15) is 21.6 Å². The average molecular weight is 346 g/mol. The first-order chi connectivity index (χ1) is 12.1. The van der Waals surface area contributed by atoms with Crippen LogP contribution in [-0.4, -0.2) is 9.78 Å². The smallest absolute Gasteiger partial charge is 0.130 e. The normalized spacial score (nSPS) is 14.5. The van der Waals surface area contributed by atoms with E-state index in [1.807, 2.05) is 67.1 Å². The van der Waals surface area contributed by atoms with E-state index in [9.17, 15) is 0 Å². The zero-order chi connectivity index (χ0) is 17.4. The molecule has 2 heterocycles. The summed E-state index contributed by atoms with van der Waals surface area (Å²) in [5.74, 6) is 0. The fourth-order valence-electron chi connectivity index (χ4n) is 3.09. The lowest BCUT2D eigenvalue weighted by Crippen LogP contribution is -2.17. The van der Waals surface area contributed by atoms with E-state index >= 15 is 0 Å². The number of azo groups is 1. The summed E-state index contributed by atoms with van der Waals surface area (Å²) in [4.78, 5) is 0. The minimum absolute atomic E-state index is 0.433. The number of benzene rings is 2. The molecule has 0 amide bonds. The van der Waals surface area contributed by atoms with Crippen LogP contribution in [0.1, 0.15) is 25.0 Å². The van der Waals surface area contributed by atoms with Gasteiger partial charge < -0.3 is 0 Å². The molecule has 0 spiro atoms. The predicted molar refractivity (Wildman–Crippen MR) is 102 cm³/mol. The largest absolute Gasteiger partial charge is 0.249 e. The summed E-state index contributed by atoms with van der Waals surface area (Å²) in [5, 5.41) is 13.7. The van der Waals surface area contributed by atoms with E-state index in [4.69, 9.17) is 17.3 Å². The lowest BCUT2D eigenvalue weighted by Gasteiger charge is -2.18. The van der Waals surface area contributed by atoms with Crippen LogP contribution in [0.15, 0.2) is 70.9 Å². The summed E-state index contributed by atoms with van der Waals surface area (Å²) in [5.41, 5.74) is 4.35. The molecule has 0 unspecified atom stereocenters. The highest BCUT2D eigenvalue weighted by Gasteiger charge is 2.34. The monoisotopic (exact) mass is 346 g/mol. The fraction of sp³-hybridized carbons (Fsp3) is 0.200. The van der Waals surface area contributed by atoms with Gasteiger partial charge in [0.15, 0.2) is 0 Å². The van der Waals surface area contributed by atoms with Crippen LogP contribution in [0.2, 0.25) is 0 Å². The van der Waals surface area contributed by atoms with Gasteiger partial charge in [-0.1, -0.05) is 72.9 Å². The summed E-state index contributed by atoms with van der Waals surface area (Å²) in [6.45, 7) is 4.71. The molecular weight excluding hydrogens is 328 g/mol. The zero-order valence-electron chi connectivity index (χ0n) is 14.2. The van der Waals surface area contributed by atoms with Crippen molar-refractivity contribution >= 4 is 17.9 Å². The summed E-state index contributed by atoms with van der Waals surface area (Å²) in [6, 6.07) is 20.3. The molecule has 2 aromatic carbocycles. The first-order valence-electron chi connectivity index (χ1n) is 8.24. The minimum atomic E-state index is -0.433. The van der Waals surface area contributed by atoms with Crippen molar-refractivity contribution < 1.29 is 0 Å². The van der Waals surface area contributed by atoms with Crippen molar-refractivity contribution in [3.8, 4) is 11.3 Å². The Kier molecular flexibility index (Phi) is 3.81. The Morgan fingerprint density at radius 1 is 0.960 bits per heavy atom. The maximum Gasteiger partial charge on any atom is 0.130 e. The molecule has 0 aliphatic carbocycles. The second-order valence-electron chi connectivity index (χ2n) is 6.65. The molecule has 0 bridgehead atoms. The molecule has 124 valence electrons. The van der Waals surface area contributed by atoms with Crippen LogP contribution >= 0.6 is 12.2 Å². The first kappa shape index (κ1) is 15.8. The number of aromatic nitrogens is 2. The van der Waals surface area contributed by atoms with E-state index in [0.717, 1.165) is 28.1 Å². The van der Waals surface area contributed by atoms with Crippen LogP contribution in [0.25, 0.3) is 11.3 Å². The SMILES string of the molecule is CC1(C)N=Nc2c(-c3ccccc3)nn(Cc3ccccc3)c(=S)c21. The molecule has 5 heteroatoms. The summed E-state index contributed by atoms with van der Waals surface area (Å²) < 4.78 is 2.60. The van der Waals surface area contributed by atoms with Gasteiger partial charge in [0.05, 0.1) is 6.54 Å². The highest BCUT2D eigenvalue weighted by atomic mass is 32.1. The van der Waals surface area contributed by atoms with Crippen molar-refractivity contribution in [2.75, 3.05) is 0 Å². The second-order valence-corrected chi connectivity index (χ2v) is 7.03. The van der Waals surface area contributed by atoms with Crippen molar-refractivity contribution in [1.82, 2.24) is 9.78 Å². The van der Waals surface area contributed by atoms with Gasteiger partial charge in [0.25, 0.3) is 0 Å². The Labute approximate surface area is 151 Å². The van der Waals surface area contributed by atoms with Gasteiger partial charge in [-0.3, -0.25) is 0 Å². The summed E-state index contributed by atoms with van der Waals surface area (Å²) in [7, 11) is 0. The Morgan fingerprint density at radius 3 is 2.28 bits per heavy atom. The number of fused-ring (bicyclic) bond motifs is 1. The third-order valence-corrected chi connectivity index (χ3v) is 4.78. The zero-order valence-corrected chi connectivity index (χ0v) is 15.0. The van der Waals surface area contributed by atoms with E-state index in [2.05, 4.69) is 22.4 Å². The molecule has 0 N–H and O–H groups in total. The Hall–Kier alpha value is -2.66. The topological polar surface area (TPSA) is 42.5 Å². The maximum absolute atomic E-state index is 5.76. The standard InChI is InChI=1S/C20H18N4S/c1-20(2)16-18(21-23-20)17(15-11-7-4-8-12-15)22-24(19(16)25)13-14-9-5-3-6-10-14/h3-12H,13H2,1-2H3. The summed E-state index contributed by atoms with van der Waals surface area (Å²) in [6.07, 6.45) is 0. The highest BCUT2D eigenvalue weighted by molar-refractivity contribution is 7.71. The second kappa shape index (κ2) is 6.01. The minimum Gasteiger partial charge on any atom is -0.249 e. The molecule has 0 radical (unpaired) electrons. The van der Waals surface area contributed by atoms with Crippen molar-refractivity contribution in [2.45, 2.75) is 25.9 Å². The molecule has 1 aliphatic rings. The molecule has 25 heavy (non-hydrogen) atoms. The Morgan fingerprint density at radius 2 is 1.60 bits per heavy atom. The van der Waals surface area contributed by atoms with Gasteiger partial charge in [0.2, 0.25) is 0 Å². The summed E-state index contributed by atoms with van der Waals surface area (Å²) >= 11 is 5.76. The van der Waals surface area contributed by atoms with Crippen molar-refractivity contribution in [1.29, 1.82) is 0 Å². The van der Waals surface area contributed by atoms with E-state index < -0.39 is 5.54 Å². The molecule has 1 aromatic heterocycles. The fourth-order valence-corrected chi connectivity index (χ4v) is 3.54. The third-order valence-electron chi connectivity index (χ3n) is 4.36. The van der Waals surface area contributed by atoms with Crippen LogP contribution in [0.4, 0.5) is 5.69 Å². The van der Waals surface area contributed by atoms with Crippen LogP contribution in [0.5, 0.6) is 0 Å². The van der Waals surface area contributed by atoms with E-state index in [1.54, 1.807) is 0 Å². The lowest BCUT2D eigenvalue weighted by atomic mass is 9.95. The molecule has 0 saturated carbocycles. The number of hydrogen-bond acceptors (Lipinski definition) is 4.